The third-order valence-corrected chi connectivity index (χ3v) is 3.06. The fourth-order valence-electron chi connectivity index (χ4n) is 2.13. The Bertz CT molecular complexity index is 656. The van der Waals surface area contributed by atoms with Gasteiger partial charge < -0.3 is 5.32 Å². The van der Waals surface area contributed by atoms with Gasteiger partial charge in [0.05, 0.1) is 5.52 Å². The van der Waals surface area contributed by atoms with Crippen molar-refractivity contribution in [3.63, 3.8) is 0 Å². The van der Waals surface area contributed by atoms with Gasteiger partial charge in [0.25, 0.3) is 0 Å². The summed E-state index contributed by atoms with van der Waals surface area (Å²) < 4.78 is 1.91. The summed E-state index contributed by atoms with van der Waals surface area (Å²) in [5.74, 6) is 0.942. The largest absolute Gasteiger partial charge is 0.364 e. The van der Waals surface area contributed by atoms with Gasteiger partial charge in [-0.3, -0.25) is 4.68 Å². The first-order valence-corrected chi connectivity index (χ1v) is 6.04. The number of fused-ring (bicyclic) bond motifs is 1. The molecule has 0 atom stereocenters. The normalized spacial score (nSPS) is 10.7. The molecule has 1 N–H and O–H groups in total. The molecule has 3 nitrogen and oxygen atoms in total. The van der Waals surface area contributed by atoms with Gasteiger partial charge in [-0.05, 0) is 17.7 Å². The predicted molar refractivity (Wildman–Crippen MR) is 74.5 cm³/mol. The molecule has 0 bridgehead atoms. The maximum absolute atomic E-state index is 4.51. The van der Waals surface area contributed by atoms with Gasteiger partial charge in [-0.25, -0.2) is 0 Å². The quantitative estimate of drug-likeness (QED) is 0.758. The Morgan fingerprint density at radius 3 is 2.56 bits per heavy atom. The van der Waals surface area contributed by atoms with E-state index in [9.17, 15) is 0 Å². The van der Waals surface area contributed by atoms with Crippen molar-refractivity contribution < 1.29 is 0 Å². The highest BCUT2D eigenvalue weighted by Gasteiger charge is 2.06. The third-order valence-electron chi connectivity index (χ3n) is 3.06. The smallest absolute Gasteiger partial charge is 0.156 e. The van der Waals surface area contributed by atoms with Gasteiger partial charge in [-0.2, -0.15) is 5.10 Å². The van der Waals surface area contributed by atoms with Crippen molar-refractivity contribution in [2.45, 2.75) is 6.54 Å². The minimum atomic E-state index is 0.793. The summed E-state index contributed by atoms with van der Waals surface area (Å²) in [7, 11) is 1.97. The van der Waals surface area contributed by atoms with Crippen molar-refractivity contribution in [1.29, 1.82) is 0 Å². The van der Waals surface area contributed by atoms with Crippen LogP contribution in [0.3, 0.4) is 0 Å². The minimum Gasteiger partial charge on any atom is -0.364 e. The standard InChI is InChI=1S/C15H15N3/c1-18-14-10-6-5-9-13(14)15(17-18)16-11-12-7-3-2-4-8-12/h2-10H,11H2,1H3,(H,16,17). The molecule has 0 aliphatic rings. The molecule has 1 heterocycles. The number of rotatable bonds is 3. The molecule has 90 valence electrons. The van der Waals surface area contributed by atoms with Crippen LogP contribution in [-0.2, 0) is 13.6 Å². The van der Waals surface area contributed by atoms with Crippen LogP contribution < -0.4 is 5.32 Å². The topological polar surface area (TPSA) is 29.9 Å². The van der Waals surface area contributed by atoms with Crippen molar-refractivity contribution in [3.05, 3.63) is 60.2 Å². The number of hydrogen-bond acceptors (Lipinski definition) is 2. The summed E-state index contributed by atoms with van der Waals surface area (Å²) in [6.45, 7) is 0.793. The molecule has 0 saturated carbocycles. The lowest BCUT2D eigenvalue weighted by atomic mass is 10.2. The van der Waals surface area contributed by atoms with E-state index in [-0.39, 0.29) is 0 Å². The van der Waals surface area contributed by atoms with Crippen LogP contribution in [0, 0.1) is 0 Å². The Labute approximate surface area is 106 Å². The number of aryl methyl sites for hydroxylation is 1. The van der Waals surface area contributed by atoms with Gasteiger partial charge in [0.2, 0.25) is 0 Å². The molecular weight excluding hydrogens is 222 g/mol. The van der Waals surface area contributed by atoms with Gasteiger partial charge >= 0.3 is 0 Å². The number of hydrogen-bond donors (Lipinski definition) is 1. The molecule has 3 rings (SSSR count). The second kappa shape index (κ2) is 4.53. The molecule has 0 aliphatic heterocycles. The van der Waals surface area contributed by atoms with Gasteiger partial charge in [0.15, 0.2) is 5.82 Å². The Balaban J connectivity index is 1.87. The Morgan fingerprint density at radius 1 is 1.00 bits per heavy atom. The number of anilines is 1. The first-order chi connectivity index (χ1) is 8.84. The zero-order valence-electron chi connectivity index (χ0n) is 10.3. The second-order valence-electron chi connectivity index (χ2n) is 4.33. The molecule has 0 fully saturated rings. The van der Waals surface area contributed by atoms with Gasteiger partial charge in [-0.1, -0.05) is 42.5 Å². The lowest BCUT2D eigenvalue weighted by Gasteiger charge is -2.03. The summed E-state index contributed by atoms with van der Waals surface area (Å²) in [6.07, 6.45) is 0. The van der Waals surface area contributed by atoms with E-state index in [0.717, 1.165) is 23.3 Å². The van der Waals surface area contributed by atoms with E-state index in [1.54, 1.807) is 0 Å². The van der Waals surface area contributed by atoms with Crippen molar-refractivity contribution in [1.82, 2.24) is 9.78 Å². The van der Waals surface area contributed by atoms with E-state index in [0.29, 0.717) is 0 Å². The number of aromatic nitrogens is 2. The molecule has 18 heavy (non-hydrogen) atoms. The van der Waals surface area contributed by atoms with Crippen LogP contribution in [0.4, 0.5) is 5.82 Å². The SMILES string of the molecule is Cn1nc(NCc2ccccc2)c2ccccc21. The van der Waals surface area contributed by atoms with Crippen LogP contribution in [0.2, 0.25) is 0 Å². The van der Waals surface area contributed by atoms with E-state index in [1.165, 1.54) is 5.56 Å². The summed E-state index contributed by atoms with van der Waals surface area (Å²) >= 11 is 0. The van der Waals surface area contributed by atoms with E-state index in [2.05, 4.69) is 34.7 Å². The molecule has 2 aromatic carbocycles. The van der Waals surface area contributed by atoms with Crippen LogP contribution in [0.5, 0.6) is 0 Å². The van der Waals surface area contributed by atoms with E-state index < -0.39 is 0 Å². The number of nitrogens with one attached hydrogen (secondary N) is 1. The fourth-order valence-corrected chi connectivity index (χ4v) is 2.13. The number of para-hydroxylation sites is 1. The molecule has 0 amide bonds. The zero-order valence-corrected chi connectivity index (χ0v) is 10.3. The van der Waals surface area contributed by atoms with Crippen LogP contribution in [0.25, 0.3) is 10.9 Å². The maximum atomic E-state index is 4.51. The lowest BCUT2D eigenvalue weighted by Crippen LogP contribution is -2.00. The third kappa shape index (κ3) is 1.95. The predicted octanol–water partition coefficient (Wildman–Crippen LogP) is 3.19. The number of nitrogens with zero attached hydrogens (tertiary/aromatic N) is 2. The fraction of sp³-hybridized carbons (Fsp3) is 0.133. The molecular formula is C15H15N3. The van der Waals surface area contributed by atoms with Gasteiger partial charge in [0, 0.05) is 19.0 Å². The molecule has 0 saturated heterocycles. The first-order valence-electron chi connectivity index (χ1n) is 6.04. The van der Waals surface area contributed by atoms with Crippen molar-refractivity contribution in [2.75, 3.05) is 5.32 Å². The highest BCUT2D eigenvalue weighted by molar-refractivity contribution is 5.90. The highest BCUT2D eigenvalue weighted by atomic mass is 15.3. The van der Waals surface area contributed by atoms with Crippen molar-refractivity contribution in [3.8, 4) is 0 Å². The zero-order chi connectivity index (χ0) is 12.4. The second-order valence-corrected chi connectivity index (χ2v) is 4.33. The van der Waals surface area contributed by atoms with E-state index >= 15 is 0 Å². The average Bonchev–Trinajstić information content (AvgIpc) is 2.75. The van der Waals surface area contributed by atoms with Gasteiger partial charge in [-0.15, -0.1) is 0 Å². The Hall–Kier alpha value is -2.29. The van der Waals surface area contributed by atoms with Crippen LogP contribution in [0.1, 0.15) is 5.56 Å². The van der Waals surface area contributed by atoms with Crippen molar-refractivity contribution in [2.24, 2.45) is 7.05 Å². The molecule has 3 aromatic rings. The summed E-state index contributed by atoms with van der Waals surface area (Å²) in [6, 6.07) is 18.6. The maximum Gasteiger partial charge on any atom is 0.156 e. The highest BCUT2D eigenvalue weighted by Crippen LogP contribution is 2.22. The lowest BCUT2D eigenvalue weighted by molar-refractivity contribution is 0.797. The Morgan fingerprint density at radius 2 is 1.72 bits per heavy atom. The minimum absolute atomic E-state index is 0.793. The van der Waals surface area contributed by atoms with E-state index in [4.69, 9.17) is 0 Å². The monoisotopic (exact) mass is 237 g/mol. The first kappa shape index (κ1) is 10.8. The molecule has 0 unspecified atom stereocenters. The number of benzene rings is 2. The molecule has 1 aromatic heterocycles. The van der Waals surface area contributed by atoms with Crippen LogP contribution >= 0.6 is 0 Å². The molecule has 3 heteroatoms. The van der Waals surface area contributed by atoms with Crippen LogP contribution in [-0.4, -0.2) is 9.78 Å². The van der Waals surface area contributed by atoms with E-state index in [1.807, 2.05) is 42.1 Å². The van der Waals surface area contributed by atoms with Crippen molar-refractivity contribution >= 4 is 16.7 Å². The molecule has 0 spiro atoms. The van der Waals surface area contributed by atoms with Gasteiger partial charge in [0.1, 0.15) is 0 Å². The summed E-state index contributed by atoms with van der Waals surface area (Å²) in [5, 5.41) is 9.07. The molecule has 0 radical (unpaired) electrons. The average molecular weight is 237 g/mol. The summed E-state index contributed by atoms with van der Waals surface area (Å²) in [4.78, 5) is 0. The summed E-state index contributed by atoms with van der Waals surface area (Å²) in [5.41, 5.74) is 2.40. The van der Waals surface area contributed by atoms with Crippen LogP contribution in [0.15, 0.2) is 54.6 Å². The molecule has 0 aliphatic carbocycles. The Kier molecular flexibility index (Phi) is 2.73.